The number of methoxy groups -OCH3 is 1. The third kappa shape index (κ3) is 5.33. The first-order valence-corrected chi connectivity index (χ1v) is 5.43. The van der Waals surface area contributed by atoms with Gasteiger partial charge in [0.1, 0.15) is 12.4 Å². The molecule has 5 heteroatoms. The van der Waals surface area contributed by atoms with E-state index in [2.05, 4.69) is 5.32 Å². The molecular formula is C12H18N2O3. The molecule has 0 unspecified atom stereocenters. The van der Waals surface area contributed by atoms with Gasteiger partial charge >= 0.3 is 0 Å². The number of benzene rings is 1. The van der Waals surface area contributed by atoms with E-state index < -0.39 is 0 Å². The average molecular weight is 238 g/mol. The quantitative estimate of drug-likeness (QED) is 0.669. The summed E-state index contributed by atoms with van der Waals surface area (Å²) in [4.78, 5) is 11.3. The molecule has 94 valence electrons. The van der Waals surface area contributed by atoms with Crippen molar-refractivity contribution in [2.75, 3.05) is 26.9 Å². The van der Waals surface area contributed by atoms with Crippen LogP contribution in [0.5, 0.6) is 5.75 Å². The topological polar surface area (TPSA) is 73.6 Å². The number of ether oxygens (including phenoxy) is 2. The maximum atomic E-state index is 11.3. The lowest BCUT2D eigenvalue weighted by Gasteiger charge is -2.06. The third-order valence-corrected chi connectivity index (χ3v) is 2.14. The van der Waals surface area contributed by atoms with Crippen LogP contribution in [0, 0.1) is 0 Å². The van der Waals surface area contributed by atoms with Crippen molar-refractivity contribution in [1.82, 2.24) is 5.32 Å². The minimum absolute atomic E-state index is 0.0490. The molecule has 1 amide bonds. The van der Waals surface area contributed by atoms with Crippen LogP contribution in [-0.4, -0.2) is 32.8 Å². The number of nitrogens with two attached hydrogens (primary N) is 1. The Hall–Kier alpha value is -1.59. The summed E-state index contributed by atoms with van der Waals surface area (Å²) < 4.78 is 10.1. The zero-order valence-electron chi connectivity index (χ0n) is 9.94. The Morgan fingerprint density at radius 1 is 1.35 bits per heavy atom. The lowest BCUT2D eigenvalue weighted by atomic mass is 10.2. The summed E-state index contributed by atoms with van der Waals surface area (Å²) in [5.74, 6) is 0.653. The van der Waals surface area contributed by atoms with E-state index in [0.29, 0.717) is 19.7 Å². The molecule has 0 bridgehead atoms. The van der Waals surface area contributed by atoms with Crippen molar-refractivity contribution < 1.29 is 14.3 Å². The Kier molecular flexibility index (Phi) is 6.06. The molecule has 1 rings (SSSR count). The first-order valence-electron chi connectivity index (χ1n) is 5.43. The van der Waals surface area contributed by atoms with Crippen LogP contribution in [0.2, 0.25) is 0 Å². The molecule has 5 nitrogen and oxygen atoms in total. The molecular weight excluding hydrogens is 220 g/mol. The summed E-state index contributed by atoms with van der Waals surface area (Å²) >= 11 is 0. The Morgan fingerprint density at radius 2 is 2.06 bits per heavy atom. The van der Waals surface area contributed by atoms with Crippen LogP contribution in [0.3, 0.4) is 0 Å². The van der Waals surface area contributed by atoms with Crippen molar-refractivity contribution in [3.63, 3.8) is 0 Å². The fourth-order valence-corrected chi connectivity index (χ4v) is 1.24. The van der Waals surface area contributed by atoms with E-state index in [1.54, 1.807) is 7.11 Å². The predicted octanol–water partition coefficient (Wildman–Crippen LogP) is 0.287. The van der Waals surface area contributed by atoms with Crippen LogP contribution in [0.25, 0.3) is 0 Å². The Morgan fingerprint density at radius 3 is 2.65 bits per heavy atom. The predicted molar refractivity (Wildman–Crippen MR) is 64.7 cm³/mol. The van der Waals surface area contributed by atoms with Gasteiger partial charge in [-0.1, -0.05) is 12.1 Å². The highest BCUT2D eigenvalue weighted by Gasteiger charge is 2.01. The maximum absolute atomic E-state index is 11.3. The highest BCUT2D eigenvalue weighted by molar-refractivity contribution is 5.77. The van der Waals surface area contributed by atoms with Gasteiger partial charge in [0.2, 0.25) is 5.91 Å². The smallest absolute Gasteiger partial charge is 0.246 e. The van der Waals surface area contributed by atoms with Crippen molar-refractivity contribution in [3.05, 3.63) is 29.8 Å². The first-order chi connectivity index (χ1) is 8.26. The van der Waals surface area contributed by atoms with E-state index in [9.17, 15) is 4.79 Å². The molecule has 0 saturated heterocycles. The molecule has 0 heterocycles. The standard InChI is InChI=1S/C12H18N2O3/c1-16-11-4-2-10(3-5-11)8-14-12(15)9-17-7-6-13/h2-5H,6-9,13H2,1H3,(H,14,15). The van der Waals surface area contributed by atoms with Crippen molar-refractivity contribution in [3.8, 4) is 5.75 Å². The molecule has 0 radical (unpaired) electrons. The van der Waals surface area contributed by atoms with E-state index in [-0.39, 0.29) is 12.5 Å². The number of carbonyl (C=O) groups excluding carboxylic acids is 1. The van der Waals surface area contributed by atoms with Gasteiger partial charge in [-0.05, 0) is 17.7 Å². The Bertz CT molecular complexity index is 338. The van der Waals surface area contributed by atoms with Crippen LogP contribution < -0.4 is 15.8 Å². The third-order valence-electron chi connectivity index (χ3n) is 2.14. The molecule has 0 aromatic heterocycles. The molecule has 0 aliphatic carbocycles. The summed E-state index contributed by atoms with van der Waals surface area (Å²) in [7, 11) is 1.62. The molecule has 0 atom stereocenters. The average Bonchev–Trinajstić information content (AvgIpc) is 2.37. The molecule has 1 aromatic rings. The van der Waals surface area contributed by atoms with Gasteiger partial charge in [-0.15, -0.1) is 0 Å². The highest BCUT2D eigenvalue weighted by Crippen LogP contribution is 2.10. The number of amides is 1. The monoisotopic (exact) mass is 238 g/mol. The molecule has 0 saturated carbocycles. The normalized spacial score (nSPS) is 10.0. The van der Waals surface area contributed by atoms with Gasteiger partial charge in [-0.25, -0.2) is 0 Å². The van der Waals surface area contributed by atoms with Crippen LogP contribution in [0.4, 0.5) is 0 Å². The molecule has 0 aliphatic rings. The first kappa shape index (κ1) is 13.5. The molecule has 0 fully saturated rings. The van der Waals surface area contributed by atoms with Crippen molar-refractivity contribution in [2.45, 2.75) is 6.54 Å². The van der Waals surface area contributed by atoms with Crippen LogP contribution in [0.1, 0.15) is 5.56 Å². The van der Waals surface area contributed by atoms with Crippen LogP contribution >= 0.6 is 0 Å². The number of nitrogens with one attached hydrogen (secondary N) is 1. The van der Waals surface area contributed by atoms with E-state index in [1.807, 2.05) is 24.3 Å². The number of hydrogen-bond acceptors (Lipinski definition) is 4. The molecule has 0 aliphatic heterocycles. The SMILES string of the molecule is COc1ccc(CNC(=O)COCCN)cc1. The van der Waals surface area contributed by atoms with Crippen LogP contribution in [-0.2, 0) is 16.1 Å². The lowest BCUT2D eigenvalue weighted by molar-refractivity contribution is -0.125. The van der Waals surface area contributed by atoms with E-state index in [1.165, 1.54) is 0 Å². The van der Waals surface area contributed by atoms with Crippen molar-refractivity contribution >= 4 is 5.91 Å². The lowest BCUT2D eigenvalue weighted by Crippen LogP contribution is -2.28. The van der Waals surface area contributed by atoms with Crippen molar-refractivity contribution in [1.29, 1.82) is 0 Å². The summed E-state index contributed by atoms with van der Waals surface area (Å²) in [6, 6.07) is 7.51. The number of carbonyl (C=O) groups is 1. The van der Waals surface area contributed by atoms with Gasteiger partial charge in [0.05, 0.1) is 13.7 Å². The minimum Gasteiger partial charge on any atom is -0.497 e. The van der Waals surface area contributed by atoms with Gasteiger partial charge in [-0.3, -0.25) is 4.79 Å². The Balaban J connectivity index is 2.27. The Labute approximate surface area is 101 Å². The fourth-order valence-electron chi connectivity index (χ4n) is 1.24. The fraction of sp³-hybridized carbons (Fsp3) is 0.417. The van der Waals surface area contributed by atoms with Gasteiger partial charge in [0.15, 0.2) is 0 Å². The number of hydrogen-bond donors (Lipinski definition) is 2. The second-order valence-corrected chi connectivity index (χ2v) is 3.47. The zero-order valence-corrected chi connectivity index (χ0v) is 9.94. The van der Waals surface area contributed by atoms with Gasteiger partial charge in [0, 0.05) is 13.1 Å². The van der Waals surface area contributed by atoms with E-state index in [0.717, 1.165) is 11.3 Å². The minimum atomic E-state index is -0.144. The molecule has 17 heavy (non-hydrogen) atoms. The van der Waals surface area contributed by atoms with Gasteiger partial charge < -0.3 is 20.5 Å². The summed E-state index contributed by atoms with van der Waals surface area (Å²) in [6.45, 7) is 1.35. The zero-order chi connectivity index (χ0) is 12.5. The second-order valence-electron chi connectivity index (χ2n) is 3.47. The second kappa shape index (κ2) is 7.65. The highest BCUT2D eigenvalue weighted by atomic mass is 16.5. The largest absolute Gasteiger partial charge is 0.497 e. The van der Waals surface area contributed by atoms with Crippen molar-refractivity contribution in [2.24, 2.45) is 5.73 Å². The molecule has 3 N–H and O–H groups in total. The summed E-state index contributed by atoms with van der Waals surface area (Å²) in [6.07, 6.45) is 0. The van der Waals surface area contributed by atoms with Gasteiger partial charge in [-0.2, -0.15) is 0 Å². The van der Waals surface area contributed by atoms with Gasteiger partial charge in [0.25, 0.3) is 0 Å². The summed E-state index contributed by atoms with van der Waals surface area (Å²) in [5.41, 5.74) is 6.25. The summed E-state index contributed by atoms with van der Waals surface area (Å²) in [5, 5.41) is 2.75. The molecule has 1 aromatic carbocycles. The van der Waals surface area contributed by atoms with E-state index in [4.69, 9.17) is 15.2 Å². The van der Waals surface area contributed by atoms with E-state index >= 15 is 0 Å². The number of rotatable bonds is 7. The maximum Gasteiger partial charge on any atom is 0.246 e. The van der Waals surface area contributed by atoms with Crippen LogP contribution in [0.15, 0.2) is 24.3 Å². The molecule has 0 spiro atoms.